The molecule has 0 radical (unpaired) electrons. The van der Waals surface area contributed by atoms with E-state index in [1.807, 2.05) is 42.5 Å². The maximum Gasteiger partial charge on any atom is 0.339 e. The zero-order chi connectivity index (χ0) is 25.0. The molecule has 4 fully saturated rings. The lowest BCUT2D eigenvalue weighted by Gasteiger charge is -2.56. The molecule has 0 unspecified atom stereocenters. The van der Waals surface area contributed by atoms with Crippen LogP contribution in [0.1, 0.15) is 72.1 Å². The lowest BCUT2D eigenvalue weighted by molar-refractivity contribution is -0.130. The number of hydrogen-bond donors (Lipinski definition) is 1. The van der Waals surface area contributed by atoms with Gasteiger partial charge >= 0.3 is 5.97 Å². The molecule has 1 aromatic heterocycles. The van der Waals surface area contributed by atoms with Crippen LogP contribution in [0, 0.1) is 17.8 Å². The van der Waals surface area contributed by atoms with E-state index in [0.717, 1.165) is 83.2 Å². The Morgan fingerprint density at radius 3 is 2.32 bits per heavy atom. The Hall–Kier alpha value is -3.47. The second-order valence-corrected chi connectivity index (χ2v) is 11.7. The van der Waals surface area contributed by atoms with Crippen LogP contribution in [-0.2, 0) is 16.0 Å². The molecule has 1 heterocycles. The van der Waals surface area contributed by atoms with E-state index in [0.29, 0.717) is 5.56 Å². The molecule has 0 atom stereocenters. The number of amides is 1. The number of ether oxygens (including phenoxy) is 1. The second-order valence-electron chi connectivity index (χ2n) is 11.7. The molecule has 8 rings (SSSR count). The lowest BCUT2D eigenvalue weighted by atomic mass is 9.53. The van der Waals surface area contributed by atoms with Crippen molar-refractivity contribution in [2.45, 2.75) is 56.9 Å². The standard InChI is InChI=1S/C32H32N2O3/c35-28(34-32-16-21-12-22(17-32)14-23(13-21)18-32)19-37-31(36)29-25-8-4-5-9-27(25)33-30-24(10-11-26(29)30)15-20-6-2-1-3-7-20/h1-9,15,21-23H,10-14,16-19H2,(H,34,35). The van der Waals surface area contributed by atoms with E-state index in [-0.39, 0.29) is 18.1 Å². The number of allylic oxidation sites excluding steroid dienone is 1. The van der Waals surface area contributed by atoms with Crippen LogP contribution in [0.5, 0.6) is 0 Å². The fourth-order valence-corrected chi connectivity index (χ4v) is 8.06. The molecule has 0 aliphatic heterocycles. The van der Waals surface area contributed by atoms with E-state index in [1.54, 1.807) is 0 Å². The van der Waals surface area contributed by atoms with Gasteiger partial charge < -0.3 is 10.1 Å². The van der Waals surface area contributed by atoms with E-state index in [2.05, 4.69) is 23.5 Å². The van der Waals surface area contributed by atoms with Gasteiger partial charge in [0, 0.05) is 10.9 Å². The minimum Gasteiger partial charge on any atom is -0.452 e. The predicted octanol–water partition coefficient (Wildman–Crippen LogP) is 5.96. The van der Waals surface area contributed by atoms with Crippen LogP contribution in [0.15, 0.2) is 54.6 Å². The predicted molar refractivity (Wildman–Crippen MR) is 144 cm³/mol. The number of carbonyl (C=O) groups is 2. The van der Waals surface area contributed by atoms with Gasteiger partial charge in [-0.2, -0.15) is 0 Å². The van der Waals surface area contributed by atoms with E-state index in [4.69, 9.17) is 9.72 Å². The SMILES string of the molecule is O=C(COC(=O)c1c2c(nc3ccccc13)C(=Cc1ccccc1)CC2)NC12CC3CC(CC(C3)C1)C2. The molecule has 4 bridgehead atoms. The van der Waals surface area contributed by atoms with Gasteiger partial charge in [0.2, 0.25) is 0 Å². The number of para-hydroxylation sites is 1. The van der Waals surface area contributed by atoms with Gasteiger partial charge in [-0.05, 0) is 98.0 Å². The molecule has 5 aliphatic rings. The summed E-state index contributed by atoms with van der Waals surface area (Å²) in [6.07, 6.45) is 10.9. The summed E-state index contributed by atoms with van der Waals surface area (Å²) >= 11 is 0. The quantitative estimate of drug-likeness (QED) is 0.446. The smallest absolute Gasteiger partial charge is 0.339 e. The van der Waals surface area contributed by atoms with Gasteiger partial charge in [-0.25, -0.2) is 9.78 Å². The minimum atomic E-state index is -0.434. The zero-order valence-corrected chi connectivity index (χ0v) is 21.0. The van der Waals surface area contributed by atoms with Crippen LogP contribution in [0.3, 0.4) is 0 Å². The van der Waals surface area contributed by atoms with Crippen LogP contribution in [0.4, 0.5) is 0 Å². The third kappa shape index (κ3) is 4.14. The number of benzene rings is 2. The molecular weight excluding hydrogens is 460 g/mol. The molecule has 0 spiro atoms. The molecule has 37 heavy (non-hydrogen) atoms. The Labute approximate surface area is 217 Å². The molecule has 1 N–H and O–H groups in total. The highest BCUT2D eigenvalue weighted by Gasteiger charge is 2.51. The summed E-state index contributed by atoms with van der Waals surface area (Å²) in [6, 6.07) is 17.9. The van der Waals surface area contributed by atoms with Crippen molar-refractivity contribution in [3.8, 4) is 0 Å². The van der Waals surface area contributed by atoms with Crippen LogP contribution in [0.25, 0.3) is 22.6 Å². The first-order valence-corrected chi connectivity index (χ1v) is 13.7. The van der Waals surface area contributed by atoms with Crippen molar-refractivity contribution in [2.75, 3.05) is 6.61 Å². The summed E-state index contributed by atoms with van der Waals surface area (Å²) in [5.41, 5.74) is 5.28. The van der Waals surface area contributed by atoms with Crippen molar-refractivity contribution < 1.29 is 14.3 Å². The third-order valence-corrected chi connectivity index (χ3v) is 9.06. The number of nitrogens with one attached hydrogen (secondary N) is 1. The average Bonchev–Trinajstić information content (AvgIpc) is 3.27. The molecule has 5 heteroatoms. The Balaban J connectivity index is 1.13. The number of rotatable bonds is 5. The number of nitrogens with zero attached hydrogens (tertiary/aromatic N) is 1. The van der Waals surface area contributed by atoms with Gasteiger partial charge in [0.1, 0.15) is 0 Å². The minimum absolute atomic E-state index is 0.0833. The first kappa shape index (κ1) is 22.7. The fraction of sp³-hybridized carbons (Fsp3) is 0.406. The number of carbonyl (C=O) groups excluding carboxylic acids is 2. The second kappa shape index (κ2) is 8.83. The maximum absolute atomic E-state index is 13.5. The Morgan fingerprint density at radius 1 is 0.919 bits per heavy atom. The highest BCUT2D eigenvalue weighted by atomic mass is 16.5. The van der Waals surface area contributed by atoms with Gasteiger partial charge in [0.15, 0.2) is 6.61 Å². The Kier molecular flexibility index (Phi) is 5.42. The first-order chi connectivity index (χ1) is 18.1. The van der Waals surface area contributed by atoms with E-state index < -0.39 is 5.97 Å². The molecule has 3 aromatic rings. The molecule has 0 saturated heterocycles. The van der Waals surface area contributed by atoms with Crippen molar-refractivity contribution in [3.05, 3.63) is 77.0 Å². The number of fused-ring (bicyclic) bond motifs is 2. The van der Waals surface area contributed by atoms with Crippen LogP contribution in [-0.4, -0.2) is 29.0 Å². The molecular formula is C32H32N2O3. The highest BCUT2D eigenvalue weighted by Crippen LogP contribution is 2.55. The van der Waals surface area contributed by atoms with Gasteiger partial charge in [-0.3, -0.25) is 4.79 Å². The highest BCUT2D eigenvalue weighted by molar-refractivity contribution is 6.07. The zero-order valence-electron chi connectivity index (χ0n) is 21.0. The lowest BCUT2D eigenvalue weighted by Crippen LogP contribution is -2.60. The molecule has 5 aliphatic carbocycles. The van der Waals surface area contributed by atoms with Crippen molar-refractivity contribution in [2.24, 2.45) is 17.8 Å². The molecule has 1 amide bonds. The summed E-state index contributed by atoms with van der Waals surface area (Å²) in [5.74, 6) is 1.64. The van der Waals surface area contributed by atoms with Crippen LogP contribution >= 0.6 is 0 Å². The summed E-state index contributed by atoms with van der Waals surface area (Å²) in [4.78, 5) is 31.4. The topological polar surface area (TPSA) is 68.3 Å². The van der Waals surface area contributed by atoms with Crippen molar-refractivity contribution >= 4 is 34.4 Å². The maximum atomic E-state index is 13.5. The Bertz CT molecular complexity index is 1390. The summed E-state index contributed by atoms with van der Waals surface area (Å²) in [5, 5.41) is 4.10. The van der Waals surface area contributed by atoms with Gasteiger partial charge in [0.25, 0.3) is 5.91 Å². The molecule has 2 aromatic carbocycles. The van der Waals surface area contributed by atoms with Gasteiger partial charge in [-0.15, -0.1) is 0 Å². The van der Waals surface area contributed by atoms with Crippen molar-refractivity contribution in [1.82, 2.24) is 10.3 Å². The van der Waals surface area contributed by atoms with Crippen molar-refractivity contribution in [3.63, 3.8) is 0 Å². The number of esters is 1. The average molecular weight is 493 g/mol. The fourth-order valence-electron chi connectivity index (χ4n) is 8.06. The molecule has 4 saturated carbocycles. The van der Waals surface area contributed by atoms with Crippen LogP contribution < -0.4 is 5.32 Å². The third-order valence-electron chi connectivity index (χ3n) is 9.06. The number of aromatic nitrogens is 1. The van der Waals surface area contributed by atoms with E-state index in [9.17, 15) is 9.59 Å². The summed E-state index contributed by atoms with van der Waals surface area (Å²) < 4.78 is 5.69. The van der Waals surface area contributed by atoms with E-state index in [1.165, 1.54) is 19.3 Å². The van der Waals surface area contributed by atoms with Crippen molar-refractivity contribution in [1.29, 1.82) is 0 Å². The normalized spacial score (nSPS) is 28.4. The largest absolute Gasteiger partial charge is 0.452 e. The van der Waals surface area contributed by atoms with Gasteiger partial charge in [-0.1, -0.05) is 48.5 Å². The number of hydrogen-bond acceptors (Lipinski definition) is 4. The summed E-state index contributed by atoms with van der Waals surface area (Å²) in [7, 11) is 0. The molecule has 188 valence electrons. The number of pyridine rings is 1. The monoisotopic (exact) mass is 492 g/mol. The van der Waals surface area contributed by atoms with Gasteiger partial charge in [0.05, 0.1) is 16.8 Å². The first-order valence-electron chi connectivity index (χ1n) is 13.7. The summed E-state index contributed by atoms with van der Waals surface area (Å²) in [6.45, 7) is -0.237. The Morgan fingerprint density at radius 2 is 1.59 bits per heavy atom. The van der Waals surface area contributed by atoms with Crippen LogP contribution in [0.2, 0.25) is 0 Å². The molecule has 5 nitrogen and oxygen atoms in total. The van der Waals surface area contributed by atoms with E-state index >= 15 is 0 Å².